The molecular weight excluding hydrogens is 304 g/mol. The van der Waals surface area contributed by atoms with E-state index in [1.165, 1.54) is 12.8 Å². The van der Waals surface area contributed by atoms with Gasteiger partial charge in [-0.1, -0.05) is 32.4 Å². The average molecular weight is 334 g/mol. The molecule has 1 amide bonds. The van der Waals surface area contributed by atoms with Crippen LogP contribution in [0.1, 0.15) is 44.8 Å². The molecule has 2 atom stereocenters. The van der Waals surface area contributed by atoms with Gasteiger partial charge in [0, 0.05) is 19.1 Å². The van der Waals surface area contributed by atoms with Crippen molar-refractivity contribution < 1.29 is 14.6 Å². The lowest BCUT2D eigenvalue weighted by atomic mass is 10.00. The van der Waals surface area contributed by atoms with E-state index in [2.05, 4.69) is 24.1 Å². The molecule has 2 unspecified atom stereocenters. The molecule has 2 rings (SSSR count). The fourth-order valence-electron chi connectivity index (χ4n) is 3.28. The molecular formula is C19H30N2O3. The maximum Gasteiger partial charge on any atom is 0.253 e. The van der Waals surface area contributed by atoms with Gasteiger partial charge in [0.1, 0.15) is 5.75 Å². The predicted octanol–water partition coefficient (Wildman–Crippen LogP) is 2.36. The van der Waals surface area contributed by atoms with Gasteiger partial charge in [-0.05, 0) is 43.0 Å². The number of piperidine rings is 1. The average Bonchev–Trinajstić information content (AvgIpc) is 2.59. The summed E-state index contributed by atoms with van der Waals surface area (Å²) in [6, 6.07) is 7.35. The van der Waals surface area contributed by atoms with Crippen molar-refractivity contribution in [1.29, 1.82) is 0 Å². The van der Waals surface area contributed by atoms with Crippen LogP contribution in [-0.2, 0) is 4.79 Å². The maximum absolute atomic E-state index is 12.3. The SMILES string of the molecule is COc1cccc(C(O)C(=O)NCC2CCCCN2CC(C)C)c1. The third-order valence-corrected chi connectivity index (χ3v) is 4.52. The monoisotopic (exact) mass is 334 g/mol. The van der Waals surface area contributed by atoms with Crippen LogP contribution in [0.15, 0.2) is 24.3 Å². The molecule has 1 heterocycles. The molecule has 134 valence electrons. The van der Waals surface area contributed by atoms with Gasteiger partial charge in [0.15, 0.2) is 6.10 Å². The molecule has 0 bridgehead atoms. The minimum atomic E-state index is -1.16. The molecule has 1 saturated heterocycles. The third kappa shape index (κ3) is 5.21. The van der Waals surface area contributed by atoms with Crippen molar-refractivity contribution in [3.63, 3.8) is 0 Å². The molecule has 1 aliphatic heterocycles. The van der Waals surface area contributed by atoms with Gasteiger partial charge in [-0.15, -0.1) is 0 Å². The molecule has 1 aromatic rings. The Labute approximate surface area is 145 Å². The van der Waals surface area contributed by atoms with Gasteiger partial charge in [-0.2, -0.15) is 0 Å². The Balaban J connectivity index is 1.90. The number of likely N-dealkylation sites (tertiary alicyclic amines) is 1. The van der Waals surface area contributed by atoms with E-state index < -0.39 is 6.10 Å². The first-order valence-electron chi connectivity index (χ1n) is 8.85. The molecule has 1 fully saturated rings. The quantitative estimate of drug-likeness (QED) is 0.803. The van der Waals surface area contributed by atoms with E-state index in [0.29, 0.717) is 29.8 Å². The zero-order valence-corrected chi connectivity index (χ0v) is 15.0. The van der Waals surface area contributed by atoms with Crippen LogP contribution in [0.25, 0.3) is 0 Å². The number of ether oxygens (including phenoxy) is 1. The second kappa shape index (κ2) is 9.04. The largest absolute Gasteiger partial charge is 0.497 e. The molecule has 24 heavy (non-hydrogen) atoms. The lowest BCUT2D eigenvalue weighted by Crippen LogP contribution is -2.48. The van der Waals surface area contributed by atoms with E-state index >= 15 is 0 Å². The Morgan fingerprint density at radius 1 is 1.42 bits per heavy atom. The number of carbonyl (C=O) groups is 1. The first-order valence-corrected chi connectivity index (χ1v) is 8.85. The molecule has 2 N–H and O–H groups in total. The number of hydrogen-bond acceptors (Lipinski definition) is 4. The zero-order chi connectivity index (χ0) is 17.5. The Morgan fingerprint density at radius 3 is 2.92 bits per heavy atom. The number of carbonyl (C=O) groups excluding carboxylic acids is 1. The Morgan fingerprint density at radius 2 is 2.21 bits per heavy atom. The normalized spacial score (nSPS) is 20.0. The highest BCUT2D eigenvalue weighted by molar-refractivity contribution is 5.82. The molecule has 0 spiro atoms. The number of nitrogens with zero attached hydrogens (tertiary/aromatic N) is 1. The van der Waals surface area contributed by atoms with Crippen LogP contribution >= 0.6 is 0 Å². The zero-order valence-electron chi connectivity index (χ0n) is 15.0. The van der Waals surface area contributed by atoms with Crippen molar-refractivity contribution in [2.75, 3.05) is 26.7 Å². The van der Waals surface area contributed by atoms with Crippen molar-refractivity contribution >= 4 is 5.91 Å². The lowest BCUT2D eigenvalue weighted by molar-refractivity contribution is -0.130. The number of hydrogen-bond donors (Lipinski definition) is 2. The summed E-state index contributed by atoms with van der Waals surface area (Å²) in [6.07, 6.45) is 2.36. The van der Waals surface area contributed by atoms with Gasteiger partial charge in [0.05, 0.1) is 7.11 Å². The molecule has 1 aliphatic rings. The van der Waals surface area contributed by atoms with Crippen LogP contribution in [-0.4, -0.2) is 48.7 Å². The van der Waals surface area contributed by atoms with Crippen molar-refractivity contribution in [1.82, 2.24) is 10.2 Å². The smallest absolute Gasteiger partial charge is 0.253 e. The van der Waals surface area contributed by atoms with E-state index in [1.54, 1.807) is 31.4 Å². The van der Waals surface area contributed by atoms with Crippen LogP contribution < -0.4 is 10.1 Å². The van der Waals surface area contributed by atoms with Gasteiger partial charge in [0.25, 0.3) is 5.91 Å². The lowest BCUT2D eigenvalue weighted by Gasteiger charge is -2.37. The van der Waals surface area contributed by atoms with E-state index in [0.717, 1.165) is 19.5 Å². The molecule has 0 saturated carbocycles. The van der Waals surface area contributed by atoms with Crippen molar-refractivity contribution in [3.05, 3.63) is 29.8 Å². The van der Waals surface area contributed by atoms with Gasteiger partial charge < -0.3 is 15.2 Å². The van der Waals surface area contributed by atoms with Crippen LogP contribution in [0.4, 0.5) is 0 Å². The van der Waals surface area contributed by atoms with E-state index in [-0.39, 0.29) is 5.91 Å². The highest BCUT2D eigenvalue weighted by Crippen LogP contribution is 2.20. The Kier molecular flexibility index (Phi) is 7.06. The van der Waals surface area contributed by atoms with E-state index in [9.17, 15) is 9.90 Å². The molecule has 0 aromatic heterocycles. The second-order valence-corrected chi connectivity index (χ2v) is 6.96. The summed E-state index contributed by atoms with van der Waals surface area (Å²) in [5, 5.41) is 13.2. The summed E-state index contributed by atoms with van der Waals surface area (Å²) in [4.78, 5) is 14.8. The fourth-order valence-corrected chi connectivity index (χ4v) is 3.28. The number of aliphatic hydroxyl groups excluding tert-OH is 1. The standard InChI is InChI=1S/C19H30N2O3/c1-14(2)13-21-10-5-4-8-16(21)12-20-19(23)18(22)15-7-6-9-17(11-15)24-3/h6-7,9,11,14,16,18,22H,4-5,8,10,12-13H2,1-3H3,(H,20,23). The molecule has 5 nitrogen and oxygen atoms in total. The van der Waals surface area contributed by atoms with Gasteiger partial charge in [0.2, 0.25) is 0 Å². The van der Waals surface area contributed by atoms with Crippen LogP contribution in [0.3, 0.4) is 0 Å². The number of methoxy groups -OCH3 is 1. The van der Waals surface area contributed by atoms with Crippen LogP contribution in [0.5, 0.6) is 5.75 Å². The summed E-state index contributed by atoms with van der Waals surface area (Å²) in [6.45, 7) is 7.18. The fraction of sp³-hybridized carbons (Fsp3) is 0.632. The number of aliphatic hydroxyl groups is 1. The first kappa shape index (κ1) is 18.7. The van der Waals surface area contributed by atoms with Crippen molar-refractivity contribution in [2.24, 2.45) is 5.92 Å². The number of amides is 1. The van der Waals surface area contributed by atoms with Crippen molar-refractivity contribution in [3.8, 4) is 5.75 Å². The number of rotatable bonds is 7. The van der Waals surface area contributed by atoms with Crippen LogP contribution in [0.2, 0.25) is 0 Å². The highest BCUT2D eigenvalue weighted by atomic mass is 16.5. The molecule has 1 aromatic carbocycles. The Bertz CT molecular complexity index is 533. The number of nitrogens with one attached hydrogen (secondary N) is 1. The summed E-state index contributed by atoms with van der Waals surface area (Å²) in [5.41, 5.74) is 0.550. The minimum absolute atomic E-state index is 0.349. The molecule has 5 heteroatoms. The third-order valence-electron chi connectivity index (χ3n) is 4.52. The topological polar surface area (TPSA) is 61.8 Å². The predicted molar refractivity (Wildman–Crippen MR) is 95.0 cm³/mol. The summed E-state index contributed by atoms with van der Waals surface area (Å²) < 4.78 is 5.14. The second-order valence-electron chi connectivity index (χ2n) is 6.96. The van der Waals surface area contributed by atoms with Gasteiger partial charge in [-0.3, -0.25) is 9.69 Å². The van der Waals surface area contributed by atoms with Gasteiger partial charge >= 0.3 is 0 Å². The van der Waals surface area contributed by atoms with Crippen molar-refractivity contribution in [2.45, 2.75) is 45.3 Å². The Hall–Kier alpha value is -1.59. The molecule has 0 radical (unpaired) electrons. The molecule has 0 aliphatic carbocycles. The first-order chi connectivity index (χ1) is 11.5. The summed E-state index contributed by atoms with van der Waals surface area (Å²) >= 11 is 0. The highest BCUT2D eigenvalue weighted by Gasteiger charge is 2.25. The van der Waals surface area contributed by atoms with Gasteiger partial charge in [-0.25, -0.2) is 0 Å². The van der Waals surface area contributed by atoms with E-state index in [1.807, 2.05) is 0 Å². The summed E-state index contributed by atoms with van der Waals surface area (Å²) in [7, 11) is 1.57. The number of benzene rings is 1. The maximum atomic E-state index is 12.3. The van der Waals surface area contributed by atoms with E-state index in [4.69, 9.17) is 4.74 Å². The van der Waals surface area contributed by atoms with Crippen LogP contribution in [0, 0.1) is 5.92 Å². The summed E-state index contributed by atoms with van der Waals surface area (Å²) in [5.74, 6) is 0.900. The minimum Gasteiger partial charge on any atom is -0.497 e.